The molecule has 1 unspecified atom stereocenters. The number of aromatic nitrogens is 2. The molecule has 1 rings (SSSR count). The summed E-state index contributed by atoms with van der Waals surface area (Å²) in [7, 11) is -2.31. The van der Waals surface area contributed by atoms with E-state index in [-0.39, 0.29) is 18.8 Å². The molecule has 18 heavy (non-hydrogen) atoms. The van der Waals surface area contributed by atoms with Gasteiger partial charge in [-0.2, -0.15) is 0 Å². The van der Waals surface area contributed by atoms with E-state index in [4.69, 9.17) is 5.11 Å². The zero-order chi connectivity index (χ0) is 13.6. The van der Waals surface area contributed by atoms with Gasteiger partial charge in [-0.3, -0.25) is 4.79 Å². The van der Waals surface area contributed by atoms with E-state index in [1.165, 1.54) is 19.6 Å². The lowest BCUT2D eigenvalue weighted by atomic mass is 10.2. The summed E-state index contributed by atoms with van der Waals surface area (Å²) in [5, 5.41) is 8.97. The maximum absolute atomic E-state index is 11.6. The first-order valence-corrected chi connectivity index (χ1v) is 6.79. The van der Waals surface area contributed by atoms with E-state index in [2.05, 4.69) is 19.4 Å². The fourth-order valence-electron chi connectivity index (χ4n) is 1.26. The molecule has 0 radical (unpaired) electrons. The molecule has 3 N–H and O–H groups in total. The number of imidazole rings is 1. The van der Waals surface area contributed by atoms with E-state index < -0.39 is 22.0 Å². The number of carboxylic acid groups (broad SMARTS) is 1. The number of hydrogen-bond donors (Lipinski definition) is 3. The Hall–Kier alpha value is -1.45. The SMILES string of the molecule is COCCS(=O)(=O)NC(Cc1cnc[nH]1)C(=O)O. The van der Waals surface area contributed by atoms with Gasteiger partial charge < -0.3 is 14.8 Å². The number of aliphatic carboxylic acids is 1. The molecule has 8 nitrogen and oxygen atoms in total. The van der Waals surface area contributed by atoms with Gasteiger partial charge in [0.05, 0.1) is 18.7 Å². The van der Waals surface area contributed by atoms with Crippen molar-refractivity contribution in [1.82, 2.24) is 14.7 Å². The van der Waals surface area contributed by atoms with Crippen molar-refractivity contribution in [1.29, 1.82) is 0 Å². The smallest absolute Gasteiger partial charge is 0.322 e. The largest absolute Gasteiger partial charge is 0.480 e. The van der Waals surface area contributed by atoms with Crippen molar-refractivity contribution in [3.05, 3.63) is 18.2 Å². The number of carbonyl (C=O) groups is 1. The lowest BCUT2D eigenvalue weighted by molar-refractivity contribution is -0.138. The second kappa shape index (κ2) is 6.47. The number of ether oxygens (including phenoxy) is 1. The summed E-state index contributed by atoms with van der Waals surface area (Å²) >= 11 is 0. The van der Waals surface area contributed by atoms with E-state index in [9.17, 15) is 13.2 Å². The van der Waals surface area contributed by atoms with Crippen LogP contribution in [0.1, 0.15) is 5.69 Å². The number of aromatic amines is 1. The van der Waals surface area contributed by atoms with Crippen LogP contribution in [0.3, 0.4) is 0 Å². The molecule has 0 aliphatic carbocycles. The number of sulfonamides is 1. The van der Waals surface area contributed by atoms with Gasteiger partial charge in [0.25, 0.3) is 0 Å². The average Bonchev–Trinajstić information content (AvgIpc) is 2.78. The minimum Gasteiger partial charge on any atom is -0.480 e. The van der Waals surface area contributed by atoms with Crippen LogP contribution in [0.15, 0.2) is 12.5 Å². The van der Waals surface area contributed by atoms with Gasteiger partial charge >= 0.3 is 5.97 Å². The fourth-order valence-corrected chi connectivity index (χ4v) is 2.39. The third-order valence-corrected chi connectivity index (χ3v) is 3.50. The molecule has 0 aliphatic heterocycles. The van der Waals surface area contributed by atoms with Crippen molar-refractivity contribution in [2.24, 2.45) is 0 Å². The third-order valence-electron chi connectivity index (χ3n) is 2.15. The fraction of sp³-hybridized carbons (Fsp3) is 0.556. The maximum Gasteiger partial charge on any atom is 0.322 e. The normalized spacial score (nSPS) is 13.4. The second-order valence-corrected chi connectivity index (χ2v) is 5.47. The highest BCUT2D eigenvalue weighted by Crippen LogP contribution is 2.01. The Bertz CT molecular complexity index is 470. The van der Waals surface area contributed by atoms with Crippen LogP contribution < -0.4 is 4.72 Å². The average molecular weight is 277 g/mol. The molecule has 0 bridgehead atoms. The number of carboxylic acids is 1. The van der Waals surface area contributed by atoms with Gasteiger partial charge in [-0.25, -0.2) is 18.1 Å². The number of hydrogen-bond acceptors (Lipinski definition) is 5. The van der Waals surface area contributed by atoms with Crippen LogP contribution in [0.25, 0.3) is 0 Å². The number of H-pyrrole nitrogens is 1. The zero-order valence-corrected chi connectivity index (χ0v) is 10.6. The highest BCUT2D eigenvalue weighted by molar-refractivity contribution is 7.89. The Labute approximate surface area is 104 Å². The number of nitrogens with one attached hydrogen (secondary N) is 2. The van der Waals surface area contributed by atoms with E-state index >= 15 is 0 Å². The molecule has 0 saturated carbocycles. The molecule has 0 saturated heterocycles. The van der Waals surface area contributed by atoms with Crippen LogP contribution in [0.2, 0.25) is 0 Å². The van der Waals surface area contributed by atoms with Gasteiger partial charge in [-0.1, -0.05) is 0 Å². The van der Waals surface area contributed by atoms with Gasteiger partial charge in [-0.15, -0.1) is 0 Å². The molecule has 1 aromatic heterocycles. The van der Waals surface area contributed by atoms with E-state index in [1.807, 2.05) is 0 Å². The van der Waals surface area contributed by atoms with Crippen LogP contribution in [-0.2, 0) is 26.0 Å². The highest BCUT2D eigenvalue weighted by Gasteiger charge is 2.24. The Morgan fingerprint density at radius 2 is 2.39 bits per heavy atom. The van der Waals surface area contributed by atoms with Gasteiger partial charge in [0.15, 0.2) is 0 Å². The Kier molecular flexibility index (Phi) is 5.25. The second-order valence-electron chi connectivity index (χ2n) is 3.60. The maximum atomic E-state index is 11.6. The Morgan fingerprint density at radius 3 is 2.89 bits per heavy atom. The Morgan fingerprint density at radius 1 is 1.67 bits per heavy atom. The molecule has 1 heterocycles. The van der Waals surface area contributed by atoms with Crippen LogP contribution in [0.4, 0.5) is 0 Å². The summed E-state index contributed by atoms with van der Waals surface area (Å²) in [6.45, 7) is 0.00568. The molecule has 0 aromatic carbocycles. The van der Waals surface area contributed by atoms with E-state index in [0.717, 1.165) is 0 Å². The lowest BCUT2D eigenvalue weighted by Crippen LogP contribution is -2.43. The molecule has 0 spiro atoms. The minimum absolute atomic E-state index is 0.00153. The molecular formula is C9H15N3O5S. The standard InChI is InChI=1S/C9H15N3O5S/c1-17-2-3-18(15,16)12-8(9(13)14)4-7-5-10-6-11-7/h5-6,8,12H,2-4H2,1H3,(H,10,11)(H,13,14). The molecule has 0 aliphatic rings. The zero-order valence-electron chi connectivity index (χ0n) is 9.79. The summed E-state index contributed by atoms with van der Waals surface area (Å²) in [6, 6.07) is -1.23. The van der Waals surface area contributed by atoms with Gasteiger partial charge in [-0.05, 0) is 0 Å². The number of nitrogens with zero attached hydrogens (tertiary/aromatic N) is 1. The third kappa shape index (κ3) is 4.82. The summed E-state index contributed by atoms with van der Waals surface area (Å²) in [5.41, 5.74) is 0.539. The van der Waals surface area contributed by atoms with Crippen molar-refractivity contribution in [2.75, 3.05) is 19.5 Å². The first-order valence-electron chi connectivity index (χ1n) is 5.13. The topological polar surface area (TPSA) is 121 Å². The molecule has 9 heteroatoms. The Balaban J connectivity index is 2.66. The molecule has 1 aromatic rings. The number of rotatable bonds is 8. The van der Waals surface area contributed by atoms with Crippen molar-refractivity contribution in [3.63, 3.8) is 0 Å². The van der Waals surface area contributed by atoms with Crippen molar-refractivity contribution < 1.29 is 23.1 Å². The van der Waals surface area contributed by atoms with Crippen LogP contribution in [0.5, 0.6) is 0 Å². The molecule has 102 valence electrons. The van der Waals surface area contributed by atoms with Crippen LogP contribution in [0, 0.1) is 0 Å². The van der Waals surface area contributed by atoms with E-state index in [1.54, 1.807) is 0 Å². The van der Waals surface area contributed by atoms with Gasteiger partial charge in [0.1, 0.15) is 6.04 Å². The van der Waals surface area contributed by atoms with E-state index in [0.29, 0.717) is 5.69 Å². The molecule has 1 atom stereocenters. The monoisotopic (exact) mass is 277 g/mol. The van der Waals surface area contributed by atoms with Crippen LogP contribution in [-0.4, -0.2) is 55.0 Å². The predicted molar refractivity (Wildman–Crippen MR) is 62.5 cm³/mol. The quantitative estimate of drug-likeness (QED) is 0.558. The number of methoxy groups -OCH3 is 1. The summed E-state index contributed by atoms with van der Waals surface area (Å²) in [6.07, 6.45) is 2.84. The summed E-state index contributed by atoms with van der Waals surface area (Å²) < 4.78 is 29.9. The summed E-state index contributed by atoms with van der Waals surface area (Å²) in [5.74, 6) is -1.53. The molecular weight excluding hydrogens is 262 g/mol. The van der Waals surface area contributed by atoms with Crippen molar-refractivity contribution in [3.8, 4) is 0 Å². The lowest BCUT2D eigenvalue weighted by Gasteiger charge is -2.13. The highest BCUT2D eigenvalue weighted by atomic mass is 32.2. The molecule has 0 amide bonds. The van der Waals surface area contributed by atoms with Crippen LogP contribution >= 0.6 is 0 Å². The van der Waals surface area contributed by atoms with Gasteiger partial charge in [0, 0.05) is 25.4 Å². The predicted octanol–water partition coefficient (Wildman–Crippen LogP) is -1.03. The van der Waals surface area contributed by atoms with Crippen molar-refractivity contribution in [2.45, 2.75) is 12.5 Å². The minimum atomic E-state index is -3.68. The first-order chi connectivity index (χ1) is 8.44. The summed E-state index contributed by atoms with van der Waals surface area (Å²) in [4.78, 5) is 17.4. The van der Waals surface area contributed by atoms with Gasteiger partial charge in [0.2, 0.25) is 10.0 Å². The molecule has 0 fully saturated rings. The van der Waals surface area contributed by atoms with Crippen molar-refractivity contribution >= 4 is 16.0 Å². The first kappa shape index (κ1) is 14.6.